The lowest BCUT2D eigenvalue weighted by Crippen LogP contribution is -2.54. The van der Waals surface area contributed by atoms with Gasteiger partial charge in [-0.05, 0) is 56.1 Å². The molecule has 4 heteroatoms. The van der Waals surface area contributed by atoms with E-state index in [1.54, 1.807) is 14.2 Å². The maximum absolute atomic E-state index is 6.52. The predicted octanol–water partition coefficient (Wildman–Crippen LogP) is 2.81. The lowest BCUT2D eigenvalue weighted by atomic mass is 9.62. The molecule has 1 aromatic carbocycles. The molecule has 1 spiro atoms. The number of methoxy groups -OCH3 is 2. The van der Waals surface area contributed by atoms with Gasteiger partial charge in [0.15, 0.2) is 17.6 Å². The van der Waals surface area contributed by atoms with Gasteiger partial charge in [0.25, 0.3) is 0 Å². The molecule has 3 atom stereocenters. The van der Waals surface area contributed by atoms with E-state index in [9.17, 15) is 0 Å². The molecular weight excluding hydrogens is 302 g/mol. The molecule has 2 heterocycles. The van der Waals surface area contributed by atoms with Gasteiger partial charge in [0, 0.05) is 11.6 Å². The van der Waals surface area contributed by atoms with Crippen LogP contribution in [0, 0.1) is 0 Å². The van der Waals surface area contributed by atoms with E-state index in [4.69, 9.17) is 14.2 Å². The largest absolute Gasteiger partial charge is 0.497 e. The molecule has 24 heavy (non-hydrogen) atoms. The first-order chi connectivity index (χ1) is 11.7. The Hall–Kier alpha value is -1.94. The minimum absolute atomic E-state index is 0.0677. The molecule has 0 saturated carbocycles. The molecule has 1 fully saturated rings. The molecule has 126 valence electrons. The van der Waals surface area contributed by atoms with E-state index in [1.807, 2.05) is 0 Å². The Morgan fingerprint density at radius 2 is 2.08 bits per heavy atom. The van der Waals surface area contributed by atoms with Crippen LogP contribution in [0.3, 0.4) is 0 Å². The van der Waals surface area contributed by atoms with Crippen LogP contribution in [-0.2, 0) is 16.6 Å². The number of ether oxygens (including phenoxy) is 3. The van der Waals surface area contributed by atoms with Gasteiger partial charge in [-0.25, -0.2) is 0 Å². The van der Waals surface area contributed by atoms with Crippen molar-refractivity contribution in [3.63, 3.8) is 0 Å². The average molecular weight is 325 g/mol. The SMILES string of the molecule is COC1=CC=C2[C@H]3CCc4ccc(OC)c5c4[C@@]2(CCN3C)[C@H]1O5. The Balaban J connectivity index is 1.84. The fourth-order valence-electron chi connectivity index (χ4n) is 5.33. The smallest absolute Gasteiger partial charge is 0.169 e. The molecule has 0 aromatic heterocycles. The van der Waals surface area contributed by atoms with Crippen LogP contribution in [0.2, 0.25) is 0 Å². The van der Waals surface area contributed by atoms with Crippen LogP contribution >= 0.6 is 0 Å². The molecule has 2 aliphatic heterocycles. The van der Waals surface area contributed by atoms with Crippen LogP contribution in [0.4, 0.5) is 0 Å². The number of likely N-dealkylation sites (tertiary alicyclic amines) is 1. The summed E-state index contributed by atoms with van der Waals surface area (Å²) >= 11 is 0. The molecule has 0 unspecified atom stereocenters. The number of hydrogen-bond acceptors (Lipinski definition) is 4. The van der Waals surface area contributed by atoms with E-state index >= 15 is 0 Å². The van der Waals surface area contributed by atoms with Gasteiger partial charge in [0.1, 0.15) is 5.76 Å². The van der Waals surface area contributed by atoms with Crippen molar-refractivity contribution in [2.24, 2.45) is 0 Å². The Bertz CT molecular complexity index is 781. The van der Waals surface area contributed by atoms with Gasteiger partial charge < -0.3 is 14.2 Å². The second kappa shape index (κ2) is 4.79. The fraction of sp³-hybridized carbons (Fsp3) is 0.500. The number of aryl methyl sites for hydroxylation is 1. The highest BCUT2D eigenvalue weighted by Crippen LogP contribution is 2.61. The number of rotatable bonds is 2. The monoisotopic (exact) mass is 325 g/mol. The van der Waals surface area contributed by atoms with Crippen molar-refractivity contribution in [3.8, 4) is 11.5 Å². The maximum Gasteiger partial charge on any atom is 0.169 e. The van der Waals surface area contributed by atoms with Crippen LogP contribution in [0.25, 0.3) is 0 Å². The summed E-state index contributed by atoms with van der Waals surface area (Å²) in [7, 11) is 5.71. The topological polar surface area (TPSA) is 30.9 Å². The van der Waals surface area contributed by atoms with E-state index in [-0.39, 0.29) is 11.5 Å². The van der Waals surface area contributed by atoms with Crippen LogP contribution in [0.5, 0.6) is 11.5 Å². The summed E-state index contributed by atoms with van der Waals surface area (Å²) in [5.74, 6) is 2.69. The van der Waals surface area contributed by atoms with E-state index in [2.05, 4.69) is 36.2 Å². The van der Waals surface area contributed by atoms with Gasteiger partial charge in [-0.2, -0.15) is 0 Å². The normalized spacial score (nSPS) is 33.0. The molecule has 2 aliphatic carbocycles. The highest BCUT2D eigenvalue weighted by molar-refractivity contribution is 5.66. The van der Waals surface area contributed by atoms with E-state index in [0.717, 1.165) is 43.1 Å². The first-order valence-corrected chi connectivity index (χ1v) is 8.74. The minimum Gasteiger partial charge on any atom is -0.497 e. The second-order valence-corrected chi connectivity index (χ2v) is 7.28. The summed E-state index contributed by atoms with van der Waals surface area (Å²) in [6.45, 7) is 1.08. The molecule has 4 nitrogen and oxygen atoms in total. The highest BCUT2D eigenvalue weighted by Gasteiger charge is 2.60. The highest BCUT2D eigenvalue weighted by atomic mass is 16.6. The number of allylic oxidation sites excluding steroid dienone is 2. The van der Waals surface area contributed by atoms with Gasteiger partial charge in [-0.15, -0.1) is 0 Å². The van der Waals surface area contributed by atoms with Crippen LogP contribution in [0.15, 0.2) is 35.6 Å². The molecule has 2 bridgehead atoms. The zero-order chi connectivity index (χ0) is 16.5. The quantitative estimate of drug-likeness (QED) is 0.837. The second-order valence-electron chi connectivity index (χ2n) is 7.28. The summed E-state index contributed by atoms with van der Waals surface area (Å²) < 4.78 is 17.9. The number of hydrogen-bond donors (Lipinski definition) is 0. The first kappa shape index (κ1) is 14.4. The Morgan fingerprint density at radius 3 is 2.88 bits per heavy atom. The lowest BCUT2D eigenvalue weighted by molar-refractivity contribution is 0.0781. The molecule has 1 aromatic rings. The summed E-state index contributed by atoms with van der Waals surface area (Å²) in [5.41, 5.74) is 4.17. The molecule has 0 radical (unpaired) electrons. The number of likely N-dealkylation sites (N-methyl/N-ethyl adjacent to an activating group) is 1. The molecule has 0 N–H and O–H groups in total. The van der Waals surface area contributed by atoms with Gasteiger partial charge in [0.05, 0.1) is 19.6 Å². The molecule has 4 aliphatic rings. The third kappa shape index (κ3) is 1.53. The number of piperidine rings is 1. The standard InChI is InChI=1S/C20H23NO3/c1-21-11-10-20-13-6-9-16(23-3)19(20)24-18-15(22-2)8-5-12(17(18)20)4-7-14(13)21/h5-6,8-9,14,19H,4,7,10-11H2,1-3H3/t14-,19+,20+/m1/s1. The van der Waals surface area contributed by atoms with Crippen molar-refractivity contribution in [2.75, 3.05) is 27.8 Å². The van der Waals surface area contributed by atoms with Crippen LogP contribution < -0.4 is 9.47 Å². The summed E-state index contributed by atoms with van der Waals surface area (Å²) in [6.07, 6.45) is 7.63. The Morgan fingerprint density at radius 1 is 1.21 bits per heavy atom. The maximum atomic E-state index is 6.52. The third-order valence-corrected chi connectivity index (χ3v) is 6.43. The van der Waals surface area contributed by atoms with Crippen LogP contribution in [0.1, 0.15) is 24.0 Å². The average Bonchev–Trinajstić information content (AvgIpc) is 2.90. The Kier molecular flexibility index (Phi) is 2.88. The number of nitrogens with zero attached hydrogens (tertiary/aromatic N) is 1. The number of benzene rings is 1. The zero-order valence-corrected chi connectivity index (χ0v) is 14.5. The molecular formula is C20H23NO3. The molecule has 5 rings (SSSR count). The molecule has 0 amide bonds. The van der Waals surface area contributed by atoms with E-state index in [0.29, 0.717) is 6.04 Å². The fourth-order valence-corrected chi connectivity index (χ4v) is 5.33. The van der Waals surface area contributed by atoms with Crippen molar-refractivity contribution in [3.05, 3.63) is 46.7 Å². The zero-order valence-electron chi connectivity index (χ0n) is 14.5. The van der Waals surface area contributed by atoms with Crippen molar-refractivity contribution in [1.82, 2.24) is 4.90 Å². The van der Waals surface area contributed by atoms with Gasteiger partial charge in [-0.3, -0.25) is 4.90 Å². The summed E-state index contributed by atoms with van der Waals surface area (Å²) in [4.78, 5) is 2.50. The summed E-state index contributed by atoms with van der Waals surface area (Å²) in [5, 5.41) is 0. The molecule has 1 saturated heterocycles. The van der Waals surface area contributed by atoms with Crippen LogP contribution in [-0.4, -0.2) is 44.9 Å². The Labute approximate surface area is 142 Å². The van der Waals surface area contributed by atoms with Gasteiger partial charge in [0.2, 0.25) is 0 Å². The minimum atomic E-state index is -0.0903. The van der Waals surface area contributed by atoms with Gasteiger partial charge >= 0.3 is 0 Å². The van der Waals surface area contributed by atoms with E-state index < -0.39 is 0 Å². The third-order valence-electron chi connectivity index (χ3n) is 6.43. The van der Waals surface area contributed by atoms with Gasteiger partial charge in [-0.1, -0.05) is 12.1 Å². The van der Waals surface area contributed by atoms with Crippen molar-refractivity contribution in [2.45, 2.75) is 36.8 Å². The first-order valence-electron chi connectivity index (χ1n) is 8.74. The van der Waals surface area contributed by atoms with Crippen molar-refractivity contribution < 1.29 is 14.2 Å². The lowest BCUT2D eigenvalue weighted by Gasteiger charge is -2.48. The summed E-state index contributed by atoms with van der Waals surface area (Å²) in [6, 6.07) is 4.77. The van der Waals surface area contributed by atoms with Crippen molar-refractivity contribution in [1.29, 1.82) is 0 Å². The van der Waals surface area contributed by atoms with Crippen molar-refractivity contribution >= 4 is 0 Å². The van der Waals surface area contributed by atoms with E-state index in [1.165, 1.54) is 16.7 Å². The predicted molar refractivity (Wildman–Crippen MR) is 91.6 cm³/mol.